The van der Waals surface area contributed by atoms with Gasteiger partial charge >= 0.3 is 0 Å². The first-order chi connectivity index (χ1) is 14.6. The molecule has 0 amide bonds. The third-order valence-electron chi connectivity index (χ3n) is 8.01. The minimum Gasteiger partial charge on any atom is -0.390 e. The summed E-state index contributed by atoms with van der Waals surface area (Å²) < 4.78 is 6.98. The molecular formula is C29H49O2-. The topological polar surface area (TPSA) is 29.5 Å². The molecule has 2 heteroatoms. The lowest BCUT2D eigenvalue weighted by Crippen LogP contribution is -2.53. The van der Waals surface area contributed by atoms with Gasteiger partial charge in [0.05, 0.1) is 16.8 Å². The van der Waals surface area contributed by atoms with Crippen molar-refractivity contribution in [1.82, 2.24) is 0 Å². The molecule has 0 aromatic rings. The minimum atomic E-state index is -0.518. The van der Waals surface area contributed by atoms with Gasteiger partial charge in [-0.15, -0.1) is 0 Å². The summed E-state index contributed by atoms with van der Waals surface area (Å²) >= 11 is 0. The van der Waals surface area contributed by atoms with Crippen LogP contribution in [0.1, 0.15) is 119 Å². The molecule has 0 bridgehead atoms. The highest BCUT2D eigenvalue weighted by atomic mass is 16.5. The molecule has 178 valence electrons. The van der Waals surface area contributed by atoms with Crippen LogP contribution in [0.3, 0.4) is 0 Å². The van der Waals surface area contributed by atoms with Gasteiger partial charge in [-0.05, 0) is 91.1 Å². The Morgan fingerprint density at radius 1 is 1.32 bits per heavy atom. The van der Waals surface area contributed by atoms with Crippen LogP contribution in [0.25, 0.3) is 0 Å². The van der Waals surface area contributed by atoms with Gasteiger partial charge in [0.1, 0.15) is 0 Å². The Kier molecular flexibility index (Phi) is 9.64. The number of fused-ring (bicyclic) bond motifs is 1. The molecule has 4 atom stereocenters. The Morgan fingerprint density at radius 3 is 2.71 bits per heavy atom. The molecular weight excluding hydrogens is 380 g/mol. The van der Waals surface area contributed by atoms with Gasteiger partial charge in [0.15, 0.2) is 0 Å². The van der Waals surface area contributed by atoms with Crippen molar-refractivity contribution in [2.24, 2.45) is 5.92 Å². The standard InChI is InChI=1S/C29H49O2/c1-8-10-11-19-27(6,30)20-12-14-23(3)15-13-21-28(7)22-18-26-17-16-24(4)25(5)29(26,9-2)31-28/h8,15-17,25,30H,9-14,18-22H2,1-7H3/q-1/b23-15+. The number of allylic oxidation sites excluding steroid dienone is 4. The van der Waals surface area contributed by atoms with Crippen molar-refractivity contribution in [3.8, 4) is 0 Å². The van der Waals surface area contributed by atoms with Crippen LogP contribution in [-0.2, 0) is 4.74 Å². The predicted octanol–water partition coefficient (Wildman–Crippen LogP) is 8.27. The van der Waals surface area contributed by atoms with Crippen LogP contribution >= 0.6 is 0 Å². The fourth-order valence-corrected chi connectivity index (χ4v) is 5.57. The molecule has 0 saturated carbocycles. The van der Waals surface area contributed by atoms with Gasteiger partial charge in [-0.2, -0.15) is 13.3 Å². The number of rotatable bonds is 12. The lowest BCUT2D eigenvalue weighted by atomic mass is 9.68. The van der Waals surface area contributed by atoms with Crippen LogP contribution in [0, 0.1) is 12.3 Å². The van der Waals surface area contributed by atoms with Crippen molar-refractivity contribution in [3.63, 3.8) is 0 Å². The smallest absolute Gasteiger partial charge is 0.0961 e. The second-order valence-corrected chi connectivity index (χ2v) is 10.9. The average Bonchev–Trinajstić information content (AvgIpc) is 2.71. The van der Waals surface area contributed by atoms with Gasteiger partial charge in [0, 0.05) is 5.92 Å². The van der Waals surface area contributed by atoms with Gasteiger partial charge in [-0.1, -0.05) is 49.6 Å². The van der Waals surface area contributed by atoms with Crippen molar-refractivity contribution >= 4 is 0 Å². The van der Waals surface area contributed by atoms with E-state index in [1.165, 1.54) is 16.7 Å². The van der Waals surface area contributed by atoms with Gasteiger partial charge < -0.3 is 16.3 Å². The Morgan fingerprint density at radius 2 is 2.03 bits per heavy atom. The van der Waals surface area contributed by atoms with Gasteiger partial charge in [-0.3, -0.25) is 0 Å². The number of hydrogen-bond donors (Lipinski definition) is 1. The van der Waals surface area contributed by atoms with E-state index in [0.717, 1.165) is 70.6 Å². The van der Waals surface area contributed by atoms with Crippen molar-refractivity contribution < 1.29 is 9.84 Å². The predicted molar refractivity (Wildman–Crippen MR) is 134 cm³/mol. The average molecular weight is 430 g/mol. The van der Waals surface area contributed by atoms with Gasteiger partial charge in [0.25, 0.3) is 0 Å². The fourth-order valence-electron chi connectivity index (χ4n) is 5.57. The van der Waals surface area contributed by atoms with E-state index in [2.05, 4.69) is 66.2 Å². The number of aliphatic hydroxyl groups is 1. The maximum Gasteiger partial charge on any atom is 0.0961 e. The van der Waals surface area contributed by atoms with Crippen LogP contribution in [0.4, 0.5) is 0 Å². The van der Waals surface area contributed by atoms with Crippen molar-refractivity contribution in [2.45, 2.75) is 136 Å². The van der Waals surface area contributed by atoms with E-state index < -0.39 is 5.60 Å². The van der Waals surface area contributed by atoms with Crippen LogP contribution in [0.15, 0.2) is 34.9 Å². The number of hydrogen-bond acceptors (Lipinski definition) is 2. The summed E-state index contributed by atoms with van der Waals surface area (Å²) in [5.74, 6) is 0.456. The third kappa shape index (κ3) is 7.06. The summed E-state index contributed by atoms with van der Waals surface area (Å²) in [5.41, 5.74) is 3.72. The fraction of sp³-hybridized carbons (Fsp3) is 0.759. The molecule has 1 saturated heterocycles. The van der Waals surface area contributed by atoms with Crippen LogP contribution in [0.5, 0.6) is 0 Å². The third-order valence-corrected chi connectivity index (χ3v) is 8.01. The molecule has 1 heterocycles. The summed E-state index contributed by atoms with van der Waals surface area (Å²) in [7, 11) is 0. The van der Waals surface area contributed by atoms with Crippen LogP contribution < -0.4 is 0 Å². The highest BCUT2D eigenvalue weighted by Crippen LogP contribution is 2.50. The maximum absolute atomic E-state index is 10.6. The molecule has 1 aliphatic carbocycles. The molecule has 1 fully saturated rings. The summed E-state index contributed by atoms with van der Waals surface area (Å²) in [4.78, 5) is 0. The molecule has 2 rings (SSSR count). The summed E-state index contributed by atoms with van der Waals surface area (Å²) in [5, 5.41) is 10.6. The molecule has 1 aliphatic heterocycles. The molecule has 0 aromatic heterocycles. The molecule has 1 N–H and O–H groups in total. The first-order valence-electron chi connectivity index (χ1n) is 12.8. The minimum absolute atomic E-state index is 0.0457. The zero-order valence-electron chi connectivity index (χ0n) is 21.5. The largest absolute Gasteiger partial charge is 0.390 e. The van der Waals surface area contributed by atoms with E-state index in [1.807, 2.05) is 6.92 Å². The van der Waals surface area contributed by atoms with E-state index in [9.17, 15) is 5.11 Å². The summed E-state index contributed by atoms with van der Waals surface area (Å²) in [6.07, 6.45) is 20.8. The molecule has 0 aromatic carbocycles. The molecule has 2 nitrogen and oxygen atoms in total. The highest BCUT2D eigenvalue weighted by Gasteiger charge is 2.49. The molecule has 4 unspecified atom stereocenters. The quantitative estimate of drug-likeness (QED) is 0.192. The lowest BCUT2D eigenvalue weighted by Gasteiger charge is -2.53. The first-order valence-corrected chi connectivity index (χ1v) is 12.8. The zero-order chi connectivity index (χ0) is 23.1. The van der Waals surface area contributed by atoms with E-state index in [-0.39, 0.29) is 11.2 Å². The van der Waals surface area contributed by atoms with E-state index in [1.54, 1.807) is 0 Å². The van der Waals surface area contributed by atoms with Gasteiger partial charge in [-0.25, -0.2) is 0 Å². The number of ether oxygens (including phenoxy) is 1. The monoisotopic (exact) mass is 429 g/mol. The number of unbranched alkanes of at least 4 members (excludes halogenated alkanes) is 2. The van der Waals surface area contributed by atoms with Crippen LogP contribution in [0.2, 0.25) is 0 Å². The molecule has 31 heavy (non-hydrogen) atoms. The Hall–Kier alpha value is -0.860. The summed E-state index contributed by atoms with van der Waals surface area (Å²) in [6.45, 7) is 15.5. The second kappa shape index (κ2) is 11.3. The zero-order valence-corrected chi connectivity index (χ0v) is 21.5. The first kappa shape index (κ1) is 26.4. The molecule has 2 aliphatic rings. The normalized spacial score (nSPS) is 31.0. The lowest BCUT2D eigenvalue weighted by molar-refractivity contribution is -0.175. The summed E-state index contributed by atoms with van der Waals surface area (Å²) in [6, 6.07) is 0. The Labute approximate surface area is 193 Å². The van der Waals surface area contributed by atoms with E-state index in [0.29, 0.717) is 5.92 Å². The van der Waals surface area contributed by atoms with Crippen LogP contribution in [-0.4, -0.2) is 21.9 Å². The second-order valence-electron chi connectivity index (χ2n) is 10.9. The molecule has 0 spiro atoms. The van der Waals surface area contributed by atoms with Crippen molar-refractivity contribution in [2.75, 3.05) is 0 Å². The molecule has 0 radical (unpaired) electrons. The Bertz CT molecular complexity index is 668. The highest BCUT2D eigenvalue weighted by molar-refractivity contribution is 5.36. The van der Waals surface area contributed by atoms with Crippen molar-refractivity contribution in [3.05, 3.63) is 41.4 Å². The van der Waals surface area contributed by atoms with Gasteiger partial charge in [0.2, 0.25) is 0 Å². The van der Waals surface area contributed by atoms with E-state index in [4.69, 9.17) is 4.74 Å². The SMILES string of the molecule is C[CH-]CCCC(C)(O)CCC/C(C)=C/CCC1(C)CCC2=CC=C(C)C(C)C2(CC)O1. The Balaban J connectivity index is 1.84. The van der Waals surface area contributed by atoms with Crippen molar-refractivity contribution in [1.29, 1.82) is 0 Å². The van der Waals surface area contributed by atoms with E-state index >= 15 is 0 Å². The maximum atomic E-state index is 10.6.